The van der Waals surface area contributed by atoms with Crippen LogP contribution in [0.3, 0.4) is 0 Å². The van der Waals surface area contributed by atoms with Gasteiger partial charge in [-0.1, -0.05) is 23.7 Å². The van der Waals surface area contributed by atoms with Gasteiger partial charge in [-0.15, -0.1) is 0 Å². The minimum absolute atomic E-state index is 0.0539. The van der Waals surface area contributed by atoms with Crippen LogP contribution in [-0.2, 0) is 0 Å². The van der Waals surface area contributed by atoms with Crippen LogP contribution in [0.1, 0.15) is 16.8 Å². The third-order valence-corrected chi connectivity index (χ3v) is 4.54. The molecule has 0 aliphatic heterocycles. The molecule has 0 radical (unpaired) electrons. The number of aliphatic hydroxyl groups excluding tert-OH is 1. The quantitative estimate of drug-likeness (QED) is 0.620. The molecule has 0 fully saturated rings. The molecule has 23 heavy (non-hydrogen) atoms. The van der Waals surface area contributed by atoms with Crippen molar-refractivity contribution in [1.82, 2.24) is 15.0 Å². The molecule has 7 heteroatoms. The van der Waals surface area contributed by atoms with E-state index in [1.807, 2.05) is 42.3 Å². The van der Waals surface area contributed by atoms with Gasteiger partial charge in [-0.25, -0.2) is 4.98 Å². The van der Waals surface area contributed by atoms with E-state index in [2.05, 4.69) is 27.6 Å². The maximum Gasteiger partial charge on any atom is 0.126 e. The van der Waals surface area contributed by atoms with Gasteiger partial charge in [-0.3, -0.25) is 4.98 Å². The first-order valence-corrected chi connectivity index (χ1v) is 8.10. The molecule has 1 unspecified atom stereocenters. The number of hydrogen-bond acceptors (Lipinski definition) is 5. The summed E-state index contributed by atoms with van der Waals surface area (Å²) in [6.45, 7) is 0.545. The zero-order valence-corrected chi connectivity index (χ0v) is 14.2. The standard InChI is InChI=1S/C16H17ClN4OS/c1-21(8-9-22)12-6-7-18-14(13(12)17)15(23)16-19-10-4-2-3-5-11(10)20-16/h2-7,15,22-23H,8-9H2,1H3,(H,19,20). The van der Waals surface area contributed by atoms with Gasteiger partial charge < -0.3 is 15.0 Å². The Kier molecular flexibility index (Phi) is 4.75. The van der Waals surface area contributed by atoms with Crippen molar-refractivity contribution in [3.05, 3.63) is 53.1 Å². The number of para-hydroxylation sites is 2. The highest BCUT2D eigenvalue weighted by atomic mass is 35.5. The van der Waals surface area contributed by atoms with E-state index in [-0.39, 0.29) is 11.9 Å². The fraction of sp³-hybridized carbons (Fsp3) is 0.250. The number of nitrogens with one attached hydrogen (secondary N) is 1. The fourth-order valence-corrected chi connectivity index (χ4v) is 3.20. The SMILES string of the molecule is CN(CCO)c1ccnc(C(S)c2nc3ccccc3[nH]2)c1Cl. The molecule has 2 aromatic heterocycles. The third-order valence-electron chi connectivity index (χ3n) is 3.67. The number of rotatable bonds is 5. The van der Waals surface area contributed by atoms with Gasteiger partial charge in [-0.05, 0) is 18.2 Å². The van der Waals surface area contributed by atoms with E-state index in [0.29, 0.717) is 23.1 Å². The highest BCUT2D eigenvalue weighted by Crippen LogP contribution is 2.36. The van der Waals surface area contributed by atoms with Crippen molar-refractivity contribution in [3.63, 3.8) is 0 Å². The number of pyridine rings is 1. The minimum Gasteiger partial charge on any atom is -0.395 e. The summed E-state index contributed by atoms with van der Waals surface area (Å²) in [4.78, 5) is 14.1. The molecule has 3 aromatic rings. The Labute approximate surface area is 144 Å². The van der Waals surface area contributed by atoms with Gasteiger partial charge in [0, 0.05) is 19.8 Å². The van der Waals surface area contributed by atoms with Crippen LogP contribution in [0.4, 0.5) is 5.69 Å². The number of aromatic nitrogens is 3. The maximum absolute atomic E-state index is 9.10. The van der Waals surface area contributed by atoms with Gasteiger partial charge in [0.2, 0.25) is 0 Å². The Morgan fingerprint density at radius 1 is 1.35 bits per heavy atom. The van der Waals surface area contributed by atoms with E-state index in [9.17, 15) is 0 Å². The molecule has 0 spiro atoms. The number of thiol groups is 1. The van der Waals surface area contributed by atoms with E-state index in [0.717, 1.165) is 16.7 Å². The number of fused-ring (bicyclic) bond motifs is 1. The summed E-state index contributed by atoms with van der Waals surface area (Å²) in [5.41, 5.74) is 3.27. The number of likely N-dealkylation sites (N-methyl/N-ethyl adjacent to an activating group) is 1. The number of aromatic amines is 1. The van der Waals surface area contributed by atoms with E-state index in [1.165, 1.54) is 0 Å². The van der Waals surface area contributed by atoms with Crippen LogP contribution in [0.2, 0.25) is 5.02 Å². The van der Waals surface area contributed by atoms with Crippen molar-refractivity contribution in [1.29, 1.82) is 0 Å². The van der Waals surface area contributed by atoms with Crippen molar-refractivity contribution in [2.24, 2.45) is 0 Å². The van der Waals surface area contributed by atoms with Gasteiger partial charge in [0.25, 0.3) is 0 Å². The van der Waals surface area contributed by atoms with Crippen LogP contribution in [0, 0.1) is 0 Å². The Morgan fingerprint density at radius 3 is 2.87 bits per heavy atom. The Morgan fingerprint density at radius 2 is 2.13 bits per heavy atom. The van der Waals surface area contributed by atoms with Gasteiger partial charge in [-0.2, -0.15) is 12.6 Å². The van der Waals surface area contributed by atoms with Crippen LogP contribution >= 0.6 is 24.2 Å². The lowest BCUT2D eigenvalue weighted by Gasteiger charge is -2.21. The van der Waals surface area contributed by atoms with E-state index >= 15 is 0 Å². The molecule has 0 saturated heterocycles. The molecule has 1 atom stereocenters. The molecule has 3 rings (SSSR count). The highest BCUT2D eigenvalue weighted by Gasteiger charge is 2.21. The monoisotopic (exact) mass is 348 g/mol. The number of halogens is 1. The van der Waals surface area contributed by atoms with Gasteiger partial charge in [0.1, 0.15) is 11.1 Å². The van der Waals surface area contributed by atoms with Crippen molar-refractivity contribution >= 4 is 41.0 Å². The molecule has 0 saturated carbocycles. The second-order valence-electron chi connectivity index (χ2n) is 5.22. The predicted octanol–water partition coefficient (Wildman–Crippen LogP) is 3.06. The molecule has 0 aliphatic carbocycles. The van der Waals surface area contributed by atoms with Crippen molar-refractivity contribution < 1.29 is 5.11 Å². The Hall–Kier alpha value is -1.76. The normalized spacial score (nSPS) is 12.5. The van der Waals surface area contributed by atoms with E-state index in [4.69, 9.17) is 16.7 Å². The molecule has 120 valence electrons. The number of anilines is 1. The summed E-state index contributed by atoms with van der Waals surface area (Å²) >= 11 is 11.2. The van der Waals surface area contributed by atoms with Crippen LogP contribution in [0.15, 0.2) is 36.5 Å². The Bertz CT molecular complexity index is 790. The highest BCUT2D eigenvalue weighted by molar-refractivity contribution is 7.80. The third kappa shape index (κ3) is 3.15. The summed E-state index contributed by atoms with van der Waals surface area (Å²) in [6, 6.07) is 9.62. The second-order valence-corrected chi connectivity index (χ2v) is 6.11. The number of imidazole rings is 1. The predicted molar refractivity (Wildman–Crippen MR) is 96.5 cm³/mol. The fourth-order valence-electron chi connectivity index (χ4n) is 2.44. The molecular formula is C16H17ClN4OS. The van der Waals surface area contributed by atoms with E-state index in [1.54, 1.807) is 6.20 Å². The van der Waals surface area contributed by atoms with Crippen LogP contribution in [0.5, 0.6) is 0 Å². The van der Waals surface area contributed by atoms with Gasteiger partial charge >= 0.3 is 0 Å². The molecule has 0 bridgehead atoms. The second kappa shape index (κ2) is 6.78. The summed E-state index contributed by atoms with van der Waals surface area (Å²) in [6.07, 6.45) is 1.69. The first-order valence-electron chi connectivity index (χ1n) is 7.21. The lowest BCUT2D eigenvalue weighted by Crippen LogP contribution is -2.22. The van der Waals surface area contributed by atoms with Gasteiger partial charge in [0.15, 0.2) is 0 Å². The summed E-state index contributed by atoms with van der Waals surface area (Å²) < 4.78 is 0. The first kappa shape index (κ1) is 16.1. The molecular weight excluding hydrogens is 332 g/mol. The molecule has 5 nitrogen and oxygen atoms in total. The maximum atomic E-state index is 9.10. The van der Waals surface area contributed by atoms with Gasteiger partial charge in [0.05, 0.1) is 34.0 Å². The zero-order chi connectivity index (χ0) is 16.4. The van der Waals surface area contributed by atoms with E-state index < -0.39 is 0 Å². The van der Waals surface area contributed by atoms with Crippen LogP contribution in [0.25, 0.3) is 11.0 Å². The number of H-pyrrole nitrogens is 1. The molecule has 2 N–H and O–H groups in total. The minimum atomic E-state index is -0.364. The lowest BCUT2D eigenvalue weighted by molar-refractivity contribution is 0.304. The van der Waals surface area contributed by atoms with Crippen LogP contribution < -0.4 is 4.90 Å². The number of nitrogens with zero attached hydrogens (tertiary/aromatic N) is 3. The number of hydrogen-bond donors (Lipinski definition) is 3. The summed E-state index contributed by atoms with van der Waals surface area (Å²) in [5, 5.41) is 9.25. The molecule has 2 heterocycles. The Balaban J connectivity index is 1.98. The van der Waals surface area contributed by atoms with Crippen molar-refractivity contribution in [2.45, 2.75) is 5.25 Å². The lowest BCUT2D eigenvalue weighted by atomic mass is 10.2. The molecule has 0 aliphatic rings. The average molecular weight is 349 g/mol. The smallest absolute Gasteiger partial charge is 0.126 e. The van der Waals surface area contributed by atoms with Crippen molar-refractivity contribution in [2.75, 3.05) is 25.1 Å². The summed E-state index contributed by atoms with van der Waals surface area (Å²) in [5.74, 6) is 0.700. The molecule has 0 amide bonds. The van der Waals surface area contributed by atoms with Crippen molar-refractivity contribution in [3.8, 4) is 0 Å². The van der Waals surface area contributed by atoms with Crippen LogP contribution in [-0.4, -0.2) is 40.3 Å². The zero-order valence-electron chi connectivity index (χ0n) is 12.6. The average Bonchev–Trinajstić information content (AvgIpc) is 2.98. The summed E-state index contributed by atoms with van der Waals surface area (Å²) in [7, 11) is 1.87. The largest absolute Gasteiger partial charge is 0.395 e. The first-order chi connectivity index (χ1) is 11.1. The number of aliphatic hydroxyl groups is 1. The molecule has 1 aromatic carbocycles. The number of benzene rings is 1. The topological polar surface area (TPSA) is 65.0 Å².